The zero-order valence-corrected chi connectivity index (χ0v) is 16.5. The fourth-order valence-corrected chi connectivity index (χ4v) is 3.27. The number of hydrogen-bond acceptors (Lipinski definition) is 4. The lowest BCUT2D eigenvalue weighted by molar-refractivity contribution is -0.128. The van der Waals surface area contributed by atoms with Gasteiger partial charge in [-0.05, 0) is 30.5 Å². The minimum absolute atomic E-state index is 0.133. The fourth-order valence-electron chi connectivity index (χ4n) is 2.94. The highest BCUT2D eigenvalue weighted by Gasteiger charge is 2.38. The van der Waals surface area contributed by atoms with Crippen LogP contribution in [-0.2, 0) is 11.2 Å². The smallest absolute Gasteiger partial charge is 0.324 e. The number of amides is 3. The van der Waals surface area contributed by atoms with Gasteiger partial charge in [0, 0.05) is 11.1 Å². The van der Waals surface area contributed by atoms with E-state index in [1.807, 2.05) is 30.3 Å². The first-order valence-corrected chi connectivity index (χ1v) is 9.61. The lowest BCUT2D eigenvalue weighted by Gasteiger charge is -2.18. The second-order valence-corrected chi connectivity index (χ2v) is 7.36. The van der Waals surface area contributed by atoms with Gasteiger partial charge in [0.2, 0.25) is 0 Å². The Balaban J connectivity index is 1.51. The van der Waals surface area contributed by atoms with Crippen LogP contribution in [0.4, 0.5) is 4.79 Å². The Morgan fingerprint density at radius 1 is 1.14 bits per heavy atom. The van der Waals surface area contributed by atoms with E-state index in [4.69, 9.17) is 27.9 Å². The number of hydrogen-bond donors (Lipinski definition) is 2. The first-order valence-electron chi connectivity index (χ1n) is 8.86. The molecule has 2 aromatic carbocycles. The quantitative estimate of drug-likeness (QED) is 0.639. The normalized spacial score (nSPS) is 17.5. The lowest BCUT2D eigenvalue weighted by atomic mass is 10.1. The third-order valence-corrected chi connectivity index (χ3v) is 4.94. The number of aliphatic hydroxyl groups is 1. The number of imide groups is 1. The van der Waals surface area contributed by atoms with Gasteiger partial charge in [0.25, 0.3) is 5.91 Å². The Kier molecular flexibility index (Phi) is 6.78. The molecule has 0 aromatic heterocycles. The van der Waals surface area contributed by atoms with Gasteiger partial charge < -0.3 is 15.2 Å². The lowest BCUT2D eigenvalue weighted by Crippen LogP contribution is -2.40. The zero-order valence-electron chi connectivity index (χ0n) is 15.0. The van der Waals surface area contributed by atoms with E-state index >= 15 is 0 Å². The molecule has 148 valence electrons. The summed E-state index contributed by atoms with van der Waals surface area (Å²) in [6.07, 6.45) is 0.109. The first kappa shape index (κ1) is 20.5. The van der Waals surface area contributed by atoms with E-state index < -0.39 is 18.2 Å². The van der Waals surface area contributed by atoms with Crippen LogP contribution in [0.2, 0.25) is 10.0 Å². The number of aryl methyl sites for hydroxylation is 1. The van der Waals surface area contributed by atoms with Crippen LogP contribution in [0.1, 0.15) is 12.0 Å². The van der Waals surface area contributed by atoms with Crippen molar-refractivity contribution >= 4 is 35.1 Å². The molecule has 2 atom stereocenters. The van der Waals surface area contributed by atoms with Crippen molar-refractivity contribution in [2.45, 2.75) is 25.0 Å². The predicted octanol–water partition coefficient (Wildman–Crippen LogP) is 3.29. The number of rotatable bonds is 8. The summed E-state index contributed by atoms with van der Waals surface area (Å²) < 4.78 is 5.46. The number of β-amino-alcohol motifs (C(OH)–C–C–N with tert-alkyl or cyclic N) is 1. The molecule has 2 N–H and O–H groups in total. The summed E-state index contributed by atoms with van der Waals surface area (Å²) in [5.41, 5.74) is 1.09. The summed E-state index contributed by atoms with van der Waals surface area (Å²) in [5.74, 6) is -0.0214. The van der Waals surface area contributed by atoms with Crippen molar-refractivity contribution in [1.29, 1.82) is 0 Å². The highest BCUT2D eigenvalue weighted by molar-refractivity contribution is 6.34. The van der Waals surface area contributed by atoms with Crippen LogP contribution in [0.3, 0.4) is 0 Å². The predicted molar refractivity (Wildman–Crippen MR) is 107 cm³/mol. The Morgan fingerprint density at radius 3 is 2.64 bits per heavy atom. The van der Waals surface area contributed by atoms with Gasteiger partial charge in [-0.2, -0.15) is 0 Å². The van der Waals surface area contributed by atoms with Crippen molar-refractivity contribution in [2.24, 2.45) is 0 Å². The van der Waals surface area contributed by atoms with Gasteiger partial charge in [0.15, 0.2) is 0 Å². The van der Waals surface area contributed by atoms with E-state index in [1.54, 1.807) is 12.1 Å². The monoisotopic (exact) mass is 422 g/mol. The number of carbonyl (C=O) groups is 2. The molecular formula is C20H20Cl2N2O4. The van der Waals surface area contributed by atoms with Gasteiger partial charge in [-0.15, -0.1) is 0 Å². The highest BCUT2D eigenvalue weighted by atomic mass is 35.5. The summed E-state index contributed by atoms with van der Waals surface area (Å²) in [7, 11) is 0. The molecule has 1 heterocycles. The van der Waals surface area contributed by atoms with Crippen LogP contribution in [0.25, 0.3) is 0 Å². The van der Waals surface area contributed by atoms with E-state index in [0.29, 0.717) is 28.6 Å². The molecule has 0 saturated carbocycles. The summed E-state index contributed by atoms with van der Waals surface area (Å²) in [4.78, 5) is 25.6. The highest BCUT2D eigenvalue weighted by Crippen LogP contribution is 2.27. The van der Waals surface area contributed by atoms with Gasteiger partial charge >= 0.3 is 6.03 Å². The van der Waals surface area contributed by atoms with E-state index in [0.717, 1.165) is 10.5 Å². The maximum atomic E-state index is 12.5. The minimum atomic E-state index is -1.06. The Morgan fingerprint density at radius 2 is 1.89 bits per heavy atom. The van der Waals surface area contributed by atoms with Crippen molar-refractivity contribution in [3.63, 3.8) is 0 Å². The third-order valence-electron chi connectivity index (χ3n) is 4.39. The molecule has 6 nitrogen and oxygen atoms in total. The molecular weight excluding hydrogens is 403 g/mol. The maximum Gasteiger partial charge on any atom is 0.324 e. The largest absolute Gasteiger partial charge is 0.489 e. The molecule has 1 saturated heterocycles. The van der Waals surface area contributed by atoms with E-state index in [2.05, 4.69) is 5.32 Å². The molecule has 2 unspecified atom stereocenters. The maximum absolute atomic E-state index is 12.5. The van der Waals surface area contributed by atoms with Crippen LogP contribution >= 0.6 is 23.2 Å². The number of nitrogens with zero attached hydrogens (tertiary/aromatic N) is 1. The number of benzene rings is 2. The average Bonchev–Trinajstić information content (AvgIpc) is 2.95. The molecule has 1 fully saturated rings. The van der Waals surface area contributed by atoms with Crippen LogP contribution in [0, 0.1) is 0 Å². The van der Waals surface area contributed by atoms with Crippen molar-refractivity contribution in [2.75, 3.05) is 13.2 Å². The van der Waals surface area contributed by atoms with Gasteiger partial charge in [-0.25, -0.2) is 4.79 Å². The van der Waals surface area contributed by atoms with Gasteiger partial charge in [-0.3, -0.25) is 9.69 Å². The number of ether oxygens (including phenoxy) is 1. The number of halogens is 2. The number of nitrogens with one attached hydrogen (secondary N) is 1. The zero-order chi connectivity index (χ0) is 20.1. The van der Waals surface area contributed by atoms with E-state index in [1.165, 1.54) is 6.07 Å². The fraction of sp³-hybridized carbons (Fsp3) is 0.300. The Hall–Kier alpha value is -2.28. The second kappa shape index (κ2) is 9.28. The summed E-state index contributed by atoms with van der Waals surface area (Å²) in [6.45, 7) is -0.295. The molecule has 3 rings (SSSR count). The number of aliphatic hydroxyl groups excluding tert-OH is 1. The topological polar surface area (TPSA) is 78.9 Å². The van der Waals surface area contributed by atoms with Gasteiger partial charge in [0.1, 0.15) is 24.5 Å². The first-order chi connectivity index (χ1) is 13.4. The number of carbonyl (C=O) groups excluding carboxylic acids is 2. The molecule has 3 amide bonds. The SMILES string of the molecule is O=C1NC(CCc2ccccc2)C(=O)N1CC(O)COc1cc(Cl)ccc1Cl. The van der Waals surface area contributed by atoms with Crippen LogP contribution in [0.5, 0.6) is 5.75 Å². The summed E-state index contributed by atoms with van der Waals surface area (Å²) >= 11 is 11.9. The number of urea groups is 1. The third kappa shape index (κ3) is 5.16. The van der Waals surface area contributed by atoms with Crippen LogP contribution in [0.15, 0.2) is 48.5 Å². The van der Waals surface area contributed by atoms with Gasteiger partial charge in [0.05, 0.1) is 11.6 Å². The van der Waals surface area contributed by atoms with Crippen LogP contribution in [-0.4, -0.2) is 47.2 Å². The molecule has 0 spiro atoms. The molecule has 2 aromatic rings. The molecule has 0 aliphatic carbocycles. The Labute approximate surface area is 173 Å². The van der Waals surface area contributed by atoms with Gasteiger partial charge in [-0.1, -0.05) is 53.5 Å². The van der Waals surface area contributed by atoms with Crippen molar-refractivity contribution < 1.29 is 19.4 Å². The summed E-state index contributed by atoms with van der Waals surface area (Å²) in [5, 5.41) is 13.7. The molecule has 0 radical (unpaired) electrons. The molecule has 0 bridgehead atoms. The van der Waals surface area contributed by atoms with Crippen molar-refractivity contribution in [3.05, 3.63) is 64.1 Å². The van der Waals surface area contributed by atoms with Crippen LogP contribution < -0.4 is 10.1 Å². The van der Waals surface area contributed by atoms with Crippen molar-refractivity contribution in [3.8, 4) is 5.75 Å². The average molecular weight is 423 g/mol. The van der Waals surface area contributed by atoms with E-state index in [-0.39, 0.29) is 19.1 Å². The molecule has 1 aliphatic rings. The van der Waals surface area contributed by atoms with E-state index in [9.17, 15) is 14.7 Å². The molecule has 1 aliphatic heterocycles. The Bertz CT molecular complexity index is 847. The second-order valence-electron chi connectivity index (χ2n) is 6.51. The summed E-state index contributed by atoms with van der Waals surface area (Å²) in [6, 6.07) is 13.4. The molecule has 28 heavy (non-hydrogen) atoms. The minimum Gasteiger partial charge on any atom is -0.489 e. The molecule has 8 heteroatoms. The van der Waals surface area contributed by atoms with Crippen molar-refractivity contribution in [1.82, 2.24) is 10.2 Å². The standard InChI is InChI=1S/C20H20Cl2N2O4/c21-14-7-8-16(22)18(10-14)28-12-15(25)11-24-19(26)17(23-20(24)27)9-6-13-4-2-1-3-5-13/h1-5,7-8,10,15,17,25H,6,9,11-12H2,(H,23,27).